The second-order valence-electron chi connectivity index (χ2n) is 5.63. The highest BCUT2D eigenvalue weighted by molar-refractivity contribution is 5.81. The van der Waals surface area contributed by atoms with Gasteiger partial charge in [-0.25, -0.2) is 9.18 Å². The number of esters is 1. The van der Waals surface area contributed by atoms with Gasteiger partial charge in [-0.3, -0.25) is 0 Å². The first-order valence-electron chi connectivity index (χ1n) is 7.26. The van der Waals surface area contributed by atoms with Gasteiger partial charge in [0.1, 0.15) is 0 Å². The van der Waals surface area contributed by atoms with Gasteiger partial charge in [-0.1, -0.05) is 19.9 Å². The fourth-order valence-corrected chi connectivity index (χ4v) is 2.17. The van der Waals surface area contributed by atoms with Gasteiger partial charge in [0.15, 0.2) is 0 Å². The lowest BCUT2D eigenvalue weighted by molar-refractivity contribution is -0.427. The Balaban J connectivity index is 5.90. The van der Waals surface area contributed by atoms with Gasteiger partial charge in [0, 0.05) is 12.5 Å². The van der Waals surface area contributed by atoms with E-state index in [0.29, 0.717) is 6.08 Å². The first kappa shape index (κ1) is 25.4. The van der Waals surface area contributed by atoms with Crippen LogP contribution in [0.3, 0.4) is 0 Å². The van der Waals surface area contributed by atoms with Crippen molar-refractivity contribution in [2.24, 2.45) is 5.92 Å². The van der Waals surface area contributed by atoms with Crippen LogP contribution in [-0.2, 0) is 9.53 Å². The van der Waals surface area contributed by atoms with Crippen molar-refractivity contribution in [2.75, 3.05) is 6.61 Å². The van der Waals surface area contributed by atoms with Gasteiger partial charge in [0.25, 0.3) is 0 Å². The molecular weight excluding hydrogens is 409 g/mol. The summed E-state index contributed by atoms with van der Waals surface area (Å²) >= 11 is 0. The molecule has 1 unspecified atom stereocenters. The number of halogens is 11. The fourth-order valence-electron chi connectivity index (χ4n) is 2.17. The molecule has 0 saturated carbocycles. The minimum atomic E-state index is -7.48. The summed E-state index contributed by atoms with van der Waals surface area (Å²) in [4.78, 5) is 10.9. The van der Waals surface area contributed by atoms with E-state index in [4.69, 9.17) is 0 Å². The molecular formula is C14H15F11O2. The summed E-state index contributed by atoms with van der Waals surface area (Å²) in [6.07, 6.45) is -16.9. The van der Waals surface area contributed by atoms with Crippen LogP contribution in [-0.4, -0.2) is 42.4 Å². The number of hydrogen-bond donors (Lipinski definition) is 0. The van der Waals surface area contributed by atoms with Crippen molar-refractivity contribution >= 4 is 5.97 Å². The third-order valence-corrected chi connectivity index (χ3v) is 3.54. The maximum absolute atomic E-state index is 13.8. The molecule has 0 saturated heterocycles. The number of hydrogen-bond acceptors (Lipinski definition) is 2. The highest BCUT2D eigenvalue weighted by Crippen LogP contribution is 2.60. The van der Waals surface area contributed by atoms with Crippen molar-refractivity contribution in [1.29, 1.82) is 0 Å². The molecule has 0 bridgehead atoms. The van der Waals surface area contributed by atoms with Gasteiger partial charge < -0.3 is 4.74 Å². The molecule has 0 aromatic carbocycles. The maximum atomic E-state index is 13.8. The van der Waals surface area contributed by atoms with Crippen molar-refractivity contribution < 1.29 is 57.8 Å². The SMILES string of the molecule is C=CC(=O)OCC(CCC)CC(F)(F)C(F)(F)C(F)(C(F)(F)F)C(F)(F)F. The van der Waals surface area contributed by atoms with E-state index in [2.05, 4.69) is 11.3 Å². The van der Waals surface area contributed by atoms with Crippen LogP contribution in [0.4, 0.5) is 48.3 Å². The number of carbonyl (C=O) groups is 1. The van der Waals surface area contributed by atoms with Crippen molar-refractivity contribution in [3.63, 3.8) is 0 Å². The standard InChI is InChI=1S/C14H15F11O2/c1-3-5-8(7-27-9(26)4-2)6-10(15,16)12(18,19)11(17,13(20,21)22)14(23,24)25/h4,8H,2-3,5-7H2,1H3. The van der Waals surface area contributed by atoms with E-state index in [1.165, 1.54) is 6.92 Å². The molecule has 0 N–H and O–H groups in total. The number of ether oxygens (including phenoxy) is 1. The molecule has 0 aliphatic heterocycles. The molecule has 0 rings (SSSR count). The molecule has 2 nitrogen and oxygen atoms in total. The van der Waals surface area contributed by atoms with Crippen LogP contribution in [0.1, 0.15) is 26.2 Å². The van der Waals surface area contributed by atoms with Gasteiger partial charge in [-0.15, -0.1) is 0 Å². The average Bonchev–Trinajstić information content (AvgIpc) is 2.48. The Hall–Kier alpha value is -1.56. The van der Waals surface area contributed by atoms with E-state index in [0.717, 1.165) is 0 Å². The van der Waals surface area contributed by atoms with Crippen molar-refractivity contribution in [1.82, 2.24) is 0 Å². The minimum Gasteiger partial charge on any atom is -0.462 e. The summed E-state index contributed by atoms with van der Waals surface area (Å²) in [5.41, 5.74) is -7.48. The average molecular weight is 424 g/mol. The molecule has 0 fully saturated rings. The number of carbonyl (C=O) groups excluding carboxylic acids is 1. The van der Waals surface area contributed by atoms with E-state index in [1.54, 1.807) is 0 Å². The predicted molar refractivity (Wildman–Crippen MR) is 70.0 cm³/mol. The number of alkyl halides is 11. The van der Waals surface area contributed by atoms with Crippen LogP contribution in [0.2, 0.25) is 0 Å². The second kappa shape index (κ2) is 8.21. The quantitative estimate of drug-likeness (QED) is 0.273. The molecule has 0 aliphatic rings. The van der Waals surface area contributed by atoms with E-state index in [1.807, 2.05) is 0 Å². The summed E-state index contributed by atoms with van der Waals surface area (Å²) in [7, 11) is 0. The summed E-state index contributed by atoms with van der Waals surface area (Å²) in [6, 6.07) is 0. The predicted octanol–water partition coefficient (Wildman–Crippen LogP) is 5.63. The molecule has 27 heavy (non-hydrogen) atoms. The Kier molecular flexibility index (Phi) is 7.74. The van der Waals surface area contributed by atoms with E-state index in [-0.39, 0.29) is 6.42 Å². The molecule has 0 spiro atoms. The van der Waals surface area contributed by atoms with Crippen LogP contribution >= 0.6 is 0 Å². The van der Waals surface area contributed by atoms with Crippen LogP contribution < -0.4 is 0 Å². The molecule has 13 heteroatoms. The lowest BCUT2D eigenvalue weighted by Gasteiger charge is -2.40. The zero-order chi connectivity index (χ0) is 21.9. The normalized spacial score (nSPS) is 15.4. The molecule has 160 valence electrons. The molecule has 0 heterocycles. The van der Waals surface area contributed by atoms with Crippen LogP contribution in [0.5, 0.6) is 0 Å². The minimum absolute atomic E-state index is 0.0166. The second-order valence-corrected chi connectivity index (χ2v) is 5.63. The van der Waals surface area contributed by atoms with Gasteiger partial charge in [-0.05, 0) is 12.3 Å². The van der Waals surface area contributed by atoms with Crippen molar-refractivity contribution in [2.45, 2.75) is 56.1 Å². The van der Waals surface area contributed by atoms with Crippen LogP contribution in [0.15, 0.2) is 12.7 Å². The summed E-state index contributed by atoms with van der Waals surface area (Å²) < 4.78 is 147. The molecule has 1 atom stereocenters. The zero-order valence-corrected chi connectivity index (χ0v) is 13.7. The third-order valence-electron chi connectivity index (χ3n) is 3.54. The van der Waals surface area contributed by atoms with E-state index >= 15 is 0 Å². The van der Waals surface area contributed by atoms with Gasteiger partial charge in [0.05, 0.1) is 6.61 Å². The summed E-state index contributed by atoms with van der Waals surface area (Å²) in [6.45, 7) is 3.27. The lowest BCUT2D eigenvalue weighted by Crippen LogP contribution is -2.70. The Bertz CT molecular complexity index is 508. The van der Waals surface area contributed by atoms with Crippen LogP contribution in [0.25, 0.3) is 0 Å². The first-order chi connectivity index (χ1) is 11.9. The Morgan fingerprint density at radius 1 is 0.963 bits per heavy atom. The Labute approximate surface area is 146 Å². The Morgan fingerprint density at radius 3 is 1.74 bits per heavy atom. The van der Waals surface area contributed by atoms with Crippen molar-refractivity contribution in [3.8, 4) is 0 Å². The van der Waals surface area contributed by atoms with Gasteiger partial charge in [0.2, 0.25) is 0 Å². The topological polar surface area (TPSA) is 26.3 Å². The first-order valence-corrected chi connectivity index (χ1v) is 7.26. The largest absolute Gasteiger partial charge is 0.462 e. The molecule has 0 aromatic heterocycles. The monoisotopic (exact) mass is 424 g/mol. The molecule has 0 aromatic rings. The van der Waals surface area contributed by atoms with E-state index in [9.17, 15) is 53.1 Å². The van der Waals surface area contributed by atoms with Crippen LogP contribution in [0, 0.1) is 5.92 Å². The third kappa shape index (κ3) is 5.03. The van der Waals surface area contributed by atoms with Gasteiger partial charge in [-0.2, -0.15) is 43.9 Å². The smallest absolute Gasteiger partial charge is 0.438 e. The molecule has 0 aliphatic carbocycles. The van der Waals surface area contributed by atoms with E-state index < -0.39 is 61.2 Å². The Morgan fingerprint density at radius 2 is 1.41 bits per heavy atom. The number of rotatable bonds is 9. The fraction of sp³-hybridized carbons (Fsp3) is 0.786. The van der Waals surface area contributed by atoms with Gasteiger partial charge >= 0.3 is 35.8 Å². The lowest BCUT2D eigenvalue weighted by atomic mass is 9.85. The molecule has 0 amide bonds. The summed E-state index contributed by atoms with van der Waals surface area (Å²) in [5, 5.41) is 0. The van der Waals surface area contributed by atoms with Crippen molar-refractivity contribution in [3.05, 3.63) is 12.7 Å². The maximum Gasteiger partial charge on any atom is 0.438 e. The molecule has 0 radical (unpaired) electrons. The highest BCUT2D eigenvalue weighted by Gasteiger charge is 2.89. The highest BCUT2D eigenvalue weighted by atomic mass is 19.4. The summed E-state index contributed by atoms with van der Waals surface area (Å²) in [5.74, 6) is -16.2. The zero-order valence-electron chi connectivity index (χ0n) is 13.7.